The number of benzene rings is 3. The van der Waals surface area contributed by atoms with E-state index in [1.165, 1.54) is 0 Å². The van der Waals surface area contributed by atoms with Crippen molar-refractivity contribution in [2.24, 2.45) is 0 Å². The quantitative estimate of drug-likeness (QED) is 0.709. The molecule has 5 heteroatoms. The lowest BCUT2D eigenvalue weighted by molar-refractivity contribution is 0.0950. The number of hydrogen-bond donors (Lipinski definition) is 2. The number of nitrogens with zero attached hydrogens (tertiary/aromatic N) is 1. The highest BCUT2D eigenvalue weighted by Gasteiger charge is 2.25. The fraction of sp³-hybridized carbons (Fsp3) is 0.217. The van der Waals surface area contributed by atoms with Crippen molar-refractivity contribution in [2.75, 3.05) is 24.3 Å². The van der Waals surface area contributed by atoms with Gasteiger partial charge >= 0.3 is 0 Å². The molecule has 0 aromatic heterocycles. The maximum Gasteiger partial charge on any atom is 0.256 e. The van der Waals surface area contributed by atoms with Crippen LogP contribution in [0.15, 0.2) is 60.7 Å². The van der Waals surface area contributed by atoms with Gasteiger partial charge in [0.1, 0.15) is 0 Å². The molecular formula is C23H23N3O2. The van der Waals surface area contributed by atoms with E-state index < -0.39 is 0 Å². The standard InChI is InChI=1S/C23H23N3O2/c1-26(2)21-13-12-17(14-20(21)23(28)24-16-10-11-16)25-22(27)19-9-5-7-15-6-3-4-8-18(15)19/h3-9,12-14,16H,10-11H2,1-2H3,(H,24,28)(H,25,27). The van der Waals surface area contributed by atoms with Crippen molar-refractivity contribution >= 4 is 34.0 Å². The van der Waals surface area contributed by atoms with Gasteiger partial charge in [-0.25, -0.2) is 0 Å². The first-order valence-corrected chi connectivity index (χ1v) is 9.44. The molecule has 0 unspecified atom stereocenters. The zero-order valence-electron chi connectivity index (χ0n) is 16.0. The molecule has 3 aromatic carbocycles. The highest BCUT2D eigenvalue weighted by atomic mass is 16.2. The molecule has 1 aliphatic carbocycles. The summed E-state index contributed by atoms with van der Waals surface area (Å²) >= 11 is 0. The van der Waals surface area contributed by atoms with E-state index in [4.69, 9.17) is 0 Å². The SMILES string of the molecule is CN(C)c1ccc(NC(=O)c2cccc3ccccc23)cc1C(=O)NC1CC1. The fourth-order valence-electron chi connectivity index (χ4n) is 3.30. The zero-order valence-corrected chi connectivity index (χ0v) is 16.0. The van der Waals surface area contributed by atoms with Crippen molar-refractivity contribution in [3.8, 4) is 0 Å². The summed E-state index contributed by atoms with van der Waals surface area (Å²) in [5.41, 5.74) is 2.59. The number of rotatable bonds is 5. The van der Waals surface area contributed by atoms with Crippen LogP contribution in [0.4, 0.5) is 11.4 Å². The Morgan fingerprint density at radius 1 is 0.893 bits per heavy atom. The Kier molecular flexibility index (Phi) is 4.74. The van der Waals surface area contributed by atoms with Gasteiger partial charge in [-0.2, -0.15) is 0 Å². The minimum absolute atomic E-state index is 0.104. The minimum atomic E-state index is -0.192. The average Bonchev–Trinajstić information content (AvgIpc) is 3.51. The number of carbonyl (C=O) groups excluding carboxylic acids is 2. The maximum absolute atomic E-state index is 12.9. The lowest BCUT2D eigenvalue weighted by Gasteiger charge is -2.18. The van der Waals surface area contributed by atoms with E-state index in [0.29, 0.717) is 16.8 Å². The number of anilines is 2. The summed E-state index contributed by atoms with van der Waals surface area (Å²) in [4.78, 5) is 27.4. The first kappa shape index (κ1) is 18.0. The Balaban J connectivity index is 1.63. The van der Waals surface area contributed by atoms with Crippen molar-refractivity contribution in [1.82, 2.24) is 5.32 Å². The van der Waals surface area contributed by atoms with Gasteiger partial charge in [0.15, 0.2) is 0 Å². The summed E-state index contributed by atoms with van der Waals surface area (Å²) in [7, 11) is 3.80. The van der Waals surface area contributed by atoms with Crippen LogP contribution in [0.5, 0.6) is 0 Å². The van der Waals surface area contributed by atoms with Crippen molar-refractivity contribution in [2.45, 2.75) is 18.9 Å². The number of carbonyl (C=O) groups is 2. The molecule has 1 fully saturated rings. The zero-order chi connectivity index (χ0) is 19.7. The summed E-state index contributed by atoms with van der Waals surface area (Å²) in [5, 5.41) is 7.89. The topological polar surface area (TPSA) is 61.4 Å². The minimum Gasteiger partial charge on any atom is -0.377 e. The molecule has 0 atom stereocenters. The summed E-state index contributed by atoms with van der Waals surface area (Å²) in [6.45, 7) is 0. The van der Waals surface area contributed by atoms with Gasteiger partial charge in [0, 0.05) is 37.1 Å². The van der Waals surface area contributed by atoms with Crippen LogP contribution in [-0.2, 0) is 0 Å². The molecule has 3 aromatic rings. The van der Waals surface area contributed by atoms with Crippen LogP contribution in [0.3, 0.4) is 0 Å². The van der Waals surface area contributed by atoms with Gasteiger partial charge in [-0.15, -0.1) is 0 Å². The van der Waals surface area contributed by atoms with Crippen molar-refractivity contribution < 1.29 is 9.59 Å². The third-order valence-electron chi connectivity index (χ3n) is 4.93. The van der Waals surface area contributed by atoms with E-state index in [1.54, 1.807) is 6.07 Å². The van der Waals surface area contributed by atoms with E-state index in [0.717, 1.165) is 29.3 Å². The molecule has 0 bridgehead atoms. The molecular weight excluding hydrogens is 350 g/mol. The van der Waals surface area contributed by atoms with E-state index >= 15 is 0 Å². The smallest absolute Gasteiger partial charge is 0.256 e. The molecule has 0 radical (unpaired) electrons. The molecule has 142 valence electrons. The number of amides is 2. The lowest BCUT2D eigenvalue weighted by atomic mass is 10.0. The van der Waals surface area contributed by atoms with E-state index in [2.05, 4.69) is 10.6 Å². The monoisotopic (exact) mass is 373 g/mol. The van der Waals surface area contributed by atoms with Crippen LogP contribution in [-0.4, -0.2) is 32.0 Å². The van der Waals surface area contributed by atoms with Crippen LogP contribution in [0.2, 0.25) is 0 Å². The first-order chi connectivity index (χ1) is 13.5. The molecule has 0 saturated heterocycles. The molecule has 0 spiro atoms. The van der Waals surface area contributed by atoms with Gasteiger partial charge in [0.05, 0.1) is 5.56 Å². The summed E-state index contributed by atoms with van der Waals surface area (Å²) in [6.07, 6.45) is 2.06. The van der Waals surface area contributed by atoms with Gasteiger partial charge in [0.25, 0.3) is 11.8 Å². The molecule has 1 aliphatic rings. The molecule has 0 aliphatic heterocycles. The van der Waals surface area contributed by atoms with Gasteiger partial charge in [-0.3, -0.25) is 9.59 Å². The normalized spacial score (nSPS) is 13.2. The summed E-state index contributed by atoms with van der Waals surface area (Å²) in [6, 6.07) is 19.2. The first-order valence-electron chi connectivity index (χ1n) is 9.44. The molecule has 0 heterocycles. The fourth-order valence-corrected chi connectivity index (χ4v) is 3.30. The summed E-state index contributed by atoms with van der Waals surface area (Å²) < 4.78 is 0. The second kappa shape index (κ2) is 7.35. The average molecular weight is 373 g/mol. The Morgan fingerprint density at radius 3 is 2.39 bits per heavy atom. The second-order valence-corrected chi connectivity index (χ2v) is 7.35. The van der Waals surface area contributed by atoms with Crippen LogP contribution < -0.4 is 15.5 Å². The van der Waals surface area contributed by atoms with Gasteiger partial charge in [0.2, 0.25) is 0 Å². The van der Waals surface area contributed by atoms with E-state index in [9.17, 15) is 9.59 Å². The molecule has 5 nitrogen and oxygen atoms in total. The molecule has 2 amide bonds. The number of fused-ring (bicyclic) bond motifs is 1. The van der Waals surface area contributed by atoms with Crippen LogP contribution >= 0.6 is 0 Å². The third-order valence-corrected chi connectivity index (χ3v) is 4.93. The van der Waals surface area contributed by atoms with Crippen molar-refractivity contribution in [3.05, 3.63) is 71.8 Å². The largest absolute Gasteiger partial charge is 0.377 e. The Bertz CT molecular complexity index is 1050. The number of nitrogens with one attached hydrogen (secondary N) is 2. The maximum atomic E-state index is 12.9. The third kappa shape index (κ3) is 3.69. The highest BCUT2D eigenvalue weighted by molar-refractivity contribution is 6.13. The molecule has 28 heavy (non-hydrogen) atoms. The number of hydrogen-bond acceptors (Lipinski definition) is 3. The molecule has 2 N–H and O–H groups in total. The van der Waals surface area contributed by atoms with Gasteiger partial charge < -0.3 is 15.5 Å². The predicted octanol–water partition coefficient (Wildman–Crippen LogP) is 4.05. The van der Waals surface area contributed by atoms with Crippen molar-refractivity contribution in [1.29, 1.82) is 0 Å². The molecule has 4 rings (SSSR count). The predicted molar refractivity (Wildman–Crippen MR) is 113 cm³/mol. The Labute approximate surface area is 164 Å². The van der Waals surface area contributed by atoms with Gasteiger partial charge in [-0.1, -0.05) is 36.4 Å². The van der Waals surface area contributed by atoms with Gasteiger partial charge in [-0.05, 0) is 47.9 Å². The second-order valence-electron chi connectivity index (χ2n) is 7.35. The molecule has 1 saturated carbocycles. The van der Waals surface area contributed by atoms with Crippen LogP contribution in [0.25, 0.3) is 10.8 Å². The van der Waals surface area contributed by atoms with E-state index in [1.807, 2.05) is 73.6 Å². The van der Waals surface area contributed by atoms with Crippen molar-refractivity contribution in [3.63, 3.8) is 0 Å². The Hall–Kier alpha value is -3.34. The Morgan fingerprint density at radius 2 is 1.64 bits per heavy atom. The van der Waals surface area contributed by atoms with Crippen LogP contribution in [0, 0.1) is 0 Å². The van der Waals surface area contributed by atoms with E-state index in [-0.39, 0.29) is 17.9 Å². The van der Waals surface area contributed by atoms with Crippen LogP contribution in [0.1, 0.15) is 33.6 Å². The summed E-state index contributed by atoms with van der Waals surface area (Å²) in [5.74, 6) is -0.296. The highest BCUT2D eigenvalue weighted by Crippen LogP contribution is 2.26. The lowest BCUT2D eigenvalue weighted by Crippen LogP contribution is -2.27.